The van der Waals surface area contributed by atoms with Crippen LogP contribution in [-0.2, 0) is 10.0 Å². The fourth-order valence-corrected chi connectivity index (χ4v) is 3.94. The first-order valence-electron chi connectivity index (χ1n) is 6.03. The summed E-state index contributed by atoms with van der Waals surface area (Å²) in [5, 5.41) is 0.173. The molecule has 1 saturated heterocycles. The van der Waals surface area contributed by atoms with Gasteiger partial charge in [-0.3, -0.25) is 0 Å². The number of sulfonamides is 1. The molecule has 1 aliphatic heterocycles. The van der Waals surface area contributed by atoms with Gasteiger partial charge in [-0.2, -0.15) is 4.31 Å². The van der Waals surface area contributed by atoms with Gasteiger partial charge >= 0.3 is 0 Å². The van der Waals surface area contributed by atoms with Crippen LogP contribution in [0.5, 0.6) is 0 Å². The van der Waals surface area contributed by atoms with E-state index in [2.05, 4.69) is 0 Å². The average Bonchev–Trinajstić information content (AvgIpc) is 2.78. The minimum atomic E-state index is -3.81. The van der Waals surface area contributed by atoms with Crippen LogP contribution < -0.4 is 5.73 Å². The summed E-state index contributed by atoms with van der Waals surface area (Å²) in [5.74, 6) is -0.707. The Morgan fingerprint density at radius 1 is 1.50 bits per heavy atom. The summed E-state index contributed by atoms with van der Waals surface area (Å²) >= 11 is 5.63. The van der Waals surface area contributed by atoms with E-state index in [0.29, 0.717) is 19.5 Å². The van der Waals surface area contributed by atoms with Gasteiger partial charge in [-0.15, -0.1) is 12.4 Å². The largest absolute Gasteiger partial charge is 0.328 e. The monoisotopic (exact) mass is 342 g/mol. The molecule has 1 heterocycles. The van der Waals surface area contributed by atoms with E-state index in [4.69, 9.17) is 17.3 Å². The molecule has 0 bridgehead atoms. The van der Waals surface area contributed by atoms with E-state index in [9.17, 15) is 12.8 Å². The predicted octanol–water partition coefficient (Wildman–Crippen LogP) is 2.26. The van der Waals surface area contributed by atoms with E-state index in [1.54, 1.807) is 0 Å². The van der Waals surface area contributed by atoms with Crippen LogP contribution in [0.15, 0.2) is 23.1 Å². The lowest BCUT2D eigenvalue weighted by molar-refractivity contribution is 0.426. The van der Waals surface area contributed by atoms with Crippen LogP contribution in [0, 0.1) is 11.7 Å². The maximum atomic E-state index is 13.7. The van der Waals surface area contributed by atoms with Crippen molar-refractivity contribution in [2.24, 2.45) is 11.7 Å². The smallest absolute Gasteiger partial charge is 0.245 e. The third-order valence-corrected chi connectivity index (χ3v) is 5.58. The zero-order valence-corrected chi connectivity index (χ0v) is 13.3. The molecule has 2 rings (SSSR count). The summed E-state index contributed by atoms with van der Waals surface area (Å²) in [5.41, 5.74) is 5.78. The summed E-state index contributed by atoms with van der Waals surface area (Å²) < 4.78 is 39.7. The number of hydrogen-bond donors (Lipinski definition) is 1. The molecule has 2 atom stereocenters. The van der Waals surface area contributed by atoms with Crippen molar-refractivity contribution in [3.05, 3.63) is 29.0 Å². The molecular formula is C12H17Cl2FN2O2S. The van der Waals surface area contributed by atoms with E-state index < -0.39 is 15.8 Å². The first-order valence-corrected chi connectivity index (χ1v) is 7.85. The molecule has 0 amide bonds. The van der Waals surface area contributed by atoms with E-state index in [1.165, 1.54) is 16.4 Å². The number of rotatable bonds is 3. The van der Waals surface area contributed by atoms with Gasteiger partial charge < -0.3 is 5.73 Å². The van der Waals surface area contributed by atoms with Gasteiger partial charge in [-0.05, 0) is 37.5 Å². The molecule has 1 fully saturated rings. The average molecular weight is 343 g/mol. The highest BCUT2D eigenvalue weighted by atomic mass is 35.5. The van der Waals surface area contributed by atoms with Crippen LogP contribution >= 0.6 is 24.0 Å². The lowest BCUT2D eigenvalue weighted by Crippen LogP contribution is -2.33. The van der Waals surface area contributed by atoms with Gasteiger partial charge in [0.05, 0.1) is 0 Å². The third kappa shape index (κ3) is 3.43. The van der Waals surface area contributed by atoms with Crippen molar-refractivity contribution >= 4 is 34.0 Å². The van der Waals surface area contributed by atoms with Crippen LogP contribution in [0.4, 0.5) is 4.39 Å². The molecule has 0 saturated carbocycles. The SMILES string of the molecule is CC(N)C1CCN(S(=O)(=O)c2ccc(Cl)cc2F)C1.Cl. The zero-order chi connectivity index (χ0) is 14.2. The molecule has 20 heavy (non-hydrogen) atoms. The lowest BCUT2D eigenvalue weighted by Gasteiger charge is -2.18. The number of halogens is 3. The standard InChI is InChI=1S/C12H16ClFN2O2S.ClH/c1-8(15)9-4-5-16(7-9)19(17,18)12-3-2-10(13)6-11(12)14;/h2-3,6,8-9H,4-5,7,15H2,1H3;1H. The Bertz CT molecular complexity index is 581. The second-order valence-electron chi connectivity index (χ2n) is 4.85. The molecule has 1 aliphatic rings. The Morgan fingerprint density at radius 3 is 2.65 bits per heavy atom. The highest BCUT2D eigenvalue weighted by molar-refractivity contribution is 7.89. The Kier molecular flexibility index (Phi) is 5.80. The first-order chi connectivity index (χ1) is 8.82. The van der Waals surface area contributed by atoms with E-state index in [-0.39, 0.29) is 34.3 Å². The van der Waals surface area contributed by atoms with E-state index >= 15 is 0 Å². The van der Waals surface area contributed by atoms with Crippen molar-refractivity contribution in [2.45, 2.75) is 24.3 Å². The second-order valence-corrected chi connectivity index (χ2v) is 7.19. The van der Waals surface area contributed by atoms with Gasteiger partial charge in [0.2, 0.25) is 10.0 Å². The third-order valence-electron chi connectivity index (χ3n) is 3.44. The number of hydrogen-bond acceptors (Lipinski definition) is 3. The number of nitrogens with zero attached hydrogens (tertiary/aromatic N) is 1. The molecule has 114 valence electrons. The summed E-state index contributed by atoms with van der Waals surface area (Å²) in [6.45, 7) is 2.56. The van der Waals surface area contributed by atoms with E-state index in [0.717, 1.165) is 6.07 Å². The quantitative estimate of drug-likeness (QED) is 0.916. The van der Waals surface area contributed by atoms with Crippen molar-refractivity contribution in [1.29, 1.82) is 0 Å². The molecule has 8 heteroatoms. The molecule has 1 aromatic carbocycles. The van der Waals surface area contributed by atoms with Crippen LogP contribution in [0.1, 0.15) is 13.3 Å². The Labute approximate surface area is 129 Å². The minimum absolute atomic E-state index is 0. The Morgan fingerprint density at radius 2 is 2.15 bits per heavy atom. The maximum absolute atomic E-state index is 13.7. The minimum Gasteiger partial charge on any atom is -0.328 e. The predicted molar refractivity (Wildman–Crippen MR) is 79.2 cm³/mol. The fourth-order valence-electron chi connectivity index (χ4n) is 2.22. The van der Waals surface area contributed by atoms with Crippen molar-refractivity contribution < 1.29 is 12.8 Å². The van der Waals surface area contributed by atoms with Crippen molar-refractivity contribution in [2.75, 3.05) is 13.1 Å². The topological polar surface area (TPSA) is 63.4 Å². The molecule has 0 aromatic heterocycles. The Hall–Kier alpha value is -0.400. The van der Waals surface area contributed by atoms with Gasteiger partial charge in [-0.1, -0.05) is 11.6 Å². The summed E-state index contributed by atoms with van der Waals surface area (Å²) in [7, 11) is -3.81. The first kappa shape index (κ1) is 17.7. The zero-order valence-electron chi connectivity index (χ0n) is 10.9. The molecular weight excluding hydrogens is 326 g/mol. The highest BCUT2D eigenvalue weighted by Gasteiger charge is 2.35. The van der Waals surface area contributed by atoms with Gasteiger partial charge in [0, 0.05) is 24.2 Å². The van der Waals surface area contributed by atoms with Crippen LogP contribution in [0.3, 0.4) is 0 Å². The molecule has 2 N–H and O–H groups in total. The lowest BCUT2D eigenvalue weighted by atomic mass is 10.0. The summed E-state index contributed by atoms with van der Waals surface area (Å²) in [4.78, 5) is -0.331. The molecule has 0 spiro atoms. The number of benzene rings is 1. The maximum Gasteiger partial charge on any atom is 0.245 e. The summed E-state index contributed by atoms with van der Waals surface area (Å²) in [6.07, 6.45) is 0.701. The second kappa shape index (κ2) is 6.58. The van der Waals surface area contributed by atoms with Gasteiger partial charge in [0.25, 0.3) is 0 Å². The van der Waals surface area contributed by atoms with Crippen molar-refractivity contribution in [3.63, 3.8) is 0 Å². The number of nitrogens with two attached hydrogens (primary N) is 1. The Balaban J connectivity index is 0.00000200. The van der Waals surface area contributed by atoms with Crippen LogP contribution in [0.25, 0.3) is 0 Å². The molecule has 4 nitrogen and oxygen atoms in total. The highest BCUT2D eigenvalue weighted by Crippen LogP contribution is 2.28. The molecule has 0 aliphatic carbocycles. The van der Waals surface area contributed by atoms with Gasteiger partial charge in [-0.25, -0.2) is 12.8 Å². The summed E-state index contributed by atoms with van der Waals surface area (Å²) in [6, 6.07) is 3.51. The molecule has 2 unspecified atom stereocenters. The van der Waals surface area contributed by atoms with Crippen molar-refractivity contribution in [3.8, 4) is 0 Å². The van der Waals surface area contributed by atoms with Crippen LogP contribution in [0.2, 0.25) is 5.02 Å². The van der Waals surface area contributed by atoms with E-state index in [1.807, 2.05) is 6.92 Å². The molecule has 1 aromatic rings. The van der Waals surface area contributed by atoms with Crippen LogP contribution in [-0.4, -0.2) is 31.9 Å². The van der Waals surface area contributed by atoms with Gasteiger partial charge in [0.15, 0.2) is 0 Å². The van der Waals surface area contributed by atoms with Crippen molar-refractivity contribution in [1.82, 2.24) is 4.31 Å². The fraction of sp³-hybridized carbons (Fsp3) is 0.500. The molecule has 0 radical (unpaired) electrons. The normalized spacial score (nSPS) is 21.5. The van der Waals surface area contributed by atoms with Gasteiger partial charge in [0.1, 0.15) is 10.7 Å².